The van der Waals surface area contributed by atoms with Crippen LogP contribution in [-0.4, -0.2) is 29.9 Å². The molecule has 3 N–H and O–H groups in total. The molecule has 0 fully saturated rings. The highest BCUT2D eigenvalue weighted by Gasteiger charge is 2.30. The number of hydrogen-bond donors (Lipinski definition) is 3. The Labute approximate surface area is 199 Å². The van der Waals surface area contributed by atoms with Crippen LogP contribution in [0.1, 0.15) is 18.4 Å². The number of hydrogen-bond acceptors (Lipinski definition) is 4. The molecule has 34 heavy (non-hydrogen) atoms. The lowest BCUT2D eigenvalue weighted by atomic mass is 10.2. The summed E-state index contributed by atoms with van der Waals surface area (Å²) >= 11 is 6.00. The second-order valence-electron chi connectivity index (χ2n) is 7.35. The number of alkyl halides is 3. The summed E-state index contributed by atoms with van der Waals surface area (Å²) < 4.78 is 38.2. The van der Waals surface area contributed by atoms with E-state index in [2.05, 4.69) is 20.9 Å². The minimum Gasteiger partial charge on any atom is -0.384 e. The number of amides is 2. The van der Waals surface area contributed by atoms with Crippen LogP contribution >= 0.6 is 11.6 Å². The maximum atomic E-state index is 12.7. The highest BCUT2D eigenvalue weighted by Crippen LogP contribution is 2.30. The Kier molecular flexibility index (Phi) is 8.48. The average molecular weight is 491 g/mol. The molecule has 0 atom stereocenters. The fourth-order valence-electron chi connectivity index (χ4n) is 3.13. The Hall–Kier alpha value is -3.59. The lowest BCUT2D eigenvalue weighted by Gasteiger charge is -2.10. The van der Waals surface area contributed by atoms with Gasteiger partial charge in [0.2, 0.25) is 11.8 Å². The molecule has 0 aliphatic rings. The predicted octanol–water partition coefficient (Wildman–Crippen LogP) is 5.41. The summed E-state index contributed by atoms with van der Waals surface area (Å²) in [6, 6.07) is 11.6. The van der Waals surface area contributed by atoms with Gasteiger partial charge in [0, 0.05) is 53.2 Å². The molecule has 1 heterocycles. The van der Waals surface area contributed by atoms with Gasteiger partial charge in [0.05, 0.1) is 11.1 Å². The van der Waals surface area contributed by atoms with Gasteiger partial charge < -0.3 is 16.0 Å². The third-order valence-corrected chi connectivity index (χ3v) is 5.00. The SMILES string of the molecule is O=C(/C=C/C(=O)Nc1cccc(C(F)(F)F)c1)NCCCCNc1ccnc2cc(Cl)ccc12. The third-order valence-electron chi connectivity index (χ3n) is 4.77. The number of anilines is 2. The van der Waals surface area contributed by atoms with Gasteiger partial charge in [-0.1, -0.05) is 17.7 Å². The lowest BCUT2D eigenvalue weighted by molar-refractivity contribution is -0.137. The fraction of sp³-hybridized carbons (Fsp3) is 0.208. The molecule has 3 aromatic rings. The minimum atomic E-state index is -4.51. The van der Waals surface area contributed by atoms with Crippen LogP contribution in [0.2, 0.25) is 5.02 Å². The first kappa shape index (κ1) is 25.0. The minimum absolute atomic E-state index is 0.0116. The zero-order valence-corrected chi connectivity index (χ0v) is 18.7. The largest absolute Gasteiger partial charge is 0.416 e. The Morgan fingerprint density at radius 2 is 1.74 bits per heavy atom. The summed E-state index contributed by atoms with van der Waals surface area (Å²) in [5.41, 5.74) is 0.861. The van der Waals surface area contributed by atoms with Crippen LogP contribution in [0.4, 0.5) is 24.5 Å². The van der Waals surface area contributed by atoms with Gasteiger partial charge >= 0.3 is 6.18 Å². The standard InChI is InChI=1S/C24H22ClF3N4O2/c25-17-6-7-19-20(10-13-30-21(19)15-17)29-11-1-2-12-31-22(33)8-9-23(34)32-18-5-3-4-16(14-18)24(26,27)28/h3-10,13-15H,1-2,11-12H2,(H,29,30)(H,31,33)(H,32,34)/b9-8+. The topological polar surface area (TPSA) is 83.1 Å². The van der Waals surface area contributed by atoms with Crippen LogP contribution in [0, 0.1) is 0 Å². The Morgan fingerprint density at radius 1 is 0.971 bits per heavy atom. The van der Waals surface area contributed by atoms with E-state index in [-0.39, 0.29) is 5.69 Å². The van der Waals surface area contributed by atoms with Crippen LogP contribution in [-0.2, 0) is 15.8 Å². The van der Waals surface area contributed by atoms with Crippen LogP contribution in [0.5, 0.6) is 0 Å². The van der Waals surface area contributed by atoms with E-state index in [0.29, 0.717) is 24.5 Å². The van der Waals surface area contributed by atoms with E-state index in [1.165, 1.54) is 12.1 Å². The molecule has 0 saturated carbocycles. The maximum Gasteiger partial charge on any atom is 0.416 e. The van der Waals surface area contributed by atoms with E-state index in [1.807, 2.05) is 12.1 Å². The highest BCUT2D eigenvalue weighted by atomic mass is 35.5. The number of halogens is 4. The summed E-state index contributed by atoms with van der Waals surface area (Å²) in [7, 11) is 0. The summed E-state index contributed by atoms with van der Waals surface area (Å²) in [6.07, 6.45) is 0.700. The van der Waals surface area contributed by atoms with E-state index in [9.17, 15) is 22.8 Å². The van der Waals surface area contributed by atoms with Crippen molar-refractivity contribution in [2.24, 2.45) is 0 Å². The monoisotopic (exact) mass is 490 g/mol. The number of pyridine rings is 1. The summed E-state index contributed by atoms with van der Waals surface area (Å²) in [5, 5.41) is 9.88. The van der Waals surface area contributed by atoms with Crippen molar-refractivity contribution >= 4 is 45.7 Å². The lowest BCUT2D eigenvalue weighted by Crippen LogP contribution is -2.23. The molecule has 0 spiro atoms. The molecule has 0 bridgehead atoms. The zero-order valence-electron chi connectivity index (χ0n) is 18.0. The van der Waals surface area contributed by atoms with Gasteiger partial charge in [0.25, 0.3) is 0 Å². The van der Waals surface area contributed by atoms with E-state index >= 15 is 0 Å². The Balaban J connectivity index is 1.36. The summed E-state index contributed by atoms with van der Waals surface area (Å²) in [4.78, 5) is 28.0. The van der Waals surface area contributed by atoms with Gasteiger partial charge in [-0.3, -0.25) is 14.6 Å². The third kappa shape index (κ3) is 7.48. The number of nitrogens with one attached hydrogen (secondary N) is 3. The van der Waals surface area contributed by atoms with Crippen LogP contribution in [0.15, 0.2) is 66.9 Å². The highest BCUT2D eigenvalue weighted by molar-refractivity contribution is 6.31. The first-order valence-corrected chi connectivity index (χ1v) is 10.8. The van der Waals surface area contributed by atoms with Crippen molar-refractivity contribution in [3.8, 4) is 0 Å². The number of carbonyl (C=O) groups excluding carboxylic acids is 2. The van der Waals surface area contributed by atoms with Crippen molar-refractivity contribution in [1.29, 1.82) is 0 Å². The van der Waals surface area contributed by atoms with E-state index in [1.54, 1.807) is 18.3 Å². The van der Waals surface area contributed by atoms with Crippen molar-refractivity contribution in [3.63, 3.8) is 0 Å². The summed E-state index contributed by atoms with van der Waals surface area (Å²) in [6.45, 7) is 1.10. The number of nitrogens with zero attached hydrogens (tertiary/aromatic N) is 1. The van der Waals surface area contributed by atoms with Gasteiger partial charge in [-0.25, -0.2) is 0 Å². The first-order chi connectivity index (χ1) is 16.2. The zero-order chi connectivity index (χ0) is 24.6. The number of carbonyl (C=O) groups is 2. The van der Waals surface area contributed by atoms with Crippen LogP contribution in [0.25, 0.3) is 10.9 Å². The molecular formula is C24H22ClF3N4O2. The molecule has 0 unspecified atom stereocenters. The van der Waals surface area contributed by atoms with Crippen molar-refractivity contribution in [2.45, 2.75) is 19.0 Å². The summed E-state index contributed by atoms with van der Waals surface area (Å²) in [5.74, 6) is -1.17. The fourth-order valence-corrected chi connectivity index (χ4v) is 3.29. The van der Waals surface area contributed by atoms with Crippen molar-refractivity contribution < 1.29 is 22.8 Å². The number of rotatable bonds is 9. The number of benzene rings is 2. The first-order valence-electron chi connectivity index (χ1n) is 10.4. The molecule has 3 rings (SSSR count). The normalized spacial score (nSPS) is 11.5. The van der Waals surface area contributed by atoms with Crippen LogP contribution in [0.3, 0.4) is 0 Å². The average Bonchev–Trinajstić information content (AvgIpc) is 2.79. The van der Waals surface area contributed by atoms with Gasteiger partial charge in [0.15, 0.2) is 0 Å². The Bertz CT molecular complexity index is 1200. The molecule has 6 nitrogen and oxygen atoms in total. The van der Waals surface area contributed by atoms with E-state index < -0.39 is 23.6 Å². The Morgan fingerprint density at radius 3 is 2.53 bits per heavy atom. The van der Waals surface area contributed by atoms with Gasteiger partial charge in [-0.2, -0.15) is 13.2 Å². The molecule has 0 radical (unpaired) electrons. The van der Waals surface area contributed by atoms with Gasteiger partial charge in [-0.05, 0) is 55.3 Å². The molecule has 1 aromatic heterocycles. The van der Waals surface area contributed by atoms with Gasteiger partial charge in [0.1, 0.15) is 0 Å². The molecule has 2 aromatic carbocycles. The number of aromatic nitrogens is 1. The second-order valence-corrected chi connectivity index (χ2v) is 7.78. The van der Waals surface area contributed by atoms with Crippen molar-refractivity contribution in [3.05, 3.63) is 77.5 Å². The van der Waals surface area contributed by atoms with Crippen molar-refractivity contribution in [1.82, 2.24) is 10.3 Å². The number of fused-ring (bicyclic) bond motifs is 1. The van der Waals surface area contributed by atoms with E-state index in [0.717, 1.165) is 47.3 Å². The number of unbranched alkanes of at least 4 members (excludes halogenated alkanes) is 1. The molecule has 0 saturated heterocycles. The molecule has 178 valence electrons. The molecule has 0 aliphatic carbocycles. The quantitative estimate of drug-likeness (QED) is 0.276. The molecule has 0 aliphatic heterocycles. The predicted molar refractivity (Wildman–Crippen MR) is 127 cm³/mol. The maximum absolute atomic E-state index is 12.7. The van der Waals surface area contributed by atoms with Gasteiger partial charge in [-0.15, -0.1) is 0 Å². The van der Waals surface area contributed by atoms with E-state index in [4.69, 9.17) is 11.6 Å². The van der Waals surface area contributed by atoms with Crippen LogP contribution < -0.4 is 16.0 Å². The smallest absolute Gasteiger partial charge is 0.384 e. The second kappa shape index (κ2) is 11.5. The molecule has 10 heteroatoms. The van der Waals surface area contributed by atoms with Crippen molar-refractivity contribution in [2.75, 3.05) is 23.7 Å². The molecular weight excluding hydrogens is 469 g/mol. The molecule has 2 amide bonds.